The van der Waals surface area contributed by atoms with Gasteiger partial charge < -0.3 is 5.32 Å². The quantitative estimate of drug-likeness (QED) is 0.767. The van der Waals surface area contributed by atoms with Gasteiger partial charge in [0.15, 0.2) is 0 Å². The van der Waals surface area contributed by atoms with Crippen LogP contribution in [0.2, 0.25) is 0 Å². The van der Waals surface area contributed by atoms with Crippen molar-refractivity contribution in [2.75, 3.05) is 6.54 Å². The Kier molecular flexibility index (Phi) is 4.98. The van der Waals surface area contributed by atoms with Gasteiger partial charge in [-0.15, -0.1) is 0 Å². The SMILES string of the molecule is CCCCC(NCC)c1ccc(C)c2ccccc12. The highest BCUT2D eigenvalue weighted by Crippen LogP contribution is 2.29. The van der Waals surface area contributed by atoms with Crippen LogP contribution in [0.5, 0.6) is 0 Å². The number of fused-ring (bicyclic) bond motifs is 1. The maximum Gasteiger partial charge on any atom is 0.0326 e. The fourth-order valence-electron chi connectivity index (χ4n) is 2.80. The third-order valence-corrected chi connectivity index (χ3v) is 3.85. The molecule has 1 N–H and O–H groups in total. The summed E-state index contributed by atoms with van der Waals surface area (Å²) in [6.07, 6.45) is 3.75. The van der Waals surface area contributed by atoms with Crippen LogP contribution in [-0.2, 0) is 0 Å². The summed E-state index contributed by atoms with van der Waals surface area (Å²) in [6.45, 7) is 7.67. The molecule has 0 aliphatic heterocycles. The molecule has 2 rings (SSSR count). The van der Waals surface area contributed by atoms with Gasteiger partial charge in [-0.25, -0.2) is 0 Å². The van der Waals surface area contributed by atoms with Crippen molar-refractivity contribution in [1.82, 2.24) is 5.32 Å². The zero-order valence-electron chi connectivity index (χ0n) is 12.4. The van der Waals surface area contributed by atoms with E-state index in [1.807, 2.05) is 0 Å². The Labute approximate surface area is 117 Å². The molecule has 2 aromatic carbocycles. The molecular formula is C18H25N. The monoisotopic (exact) mass is 255 g/mol. The van der Waals surface area contributed by atoms with Crippen LogP contribution in [0.1, 0.15) is 50.3 Å². The molecule has 1 heteroatoms. The van der Waals surface area contributed by atoms with E-state index in [1.54, 1.807) is 0 Å². The van der Waals surface area contributed by atoms with Gasteiger partial charge in [0, 0.05) is 6.04 Å². The van der Waals surface area contributed by atoms with Crippen LogP contribution in [-0.4, -0.2) is 6.54 Å². The highest BCUT2D eigenvalue weighted by atomic mass is 14.9. The topological polar surface area (TPSA) is 12.0 Å². The minimum Gasteiger partial charge on any atom is -0.310 e. The highest BCUT2D eigenvalue weighted by molar-refractivity contribution is 5.88. The number of rotatable bonds is 6. The summed E-state index contributed by atoms with van der Waals surface area (Å²) in [4.78, 5) is 0. The summed E-state index contributed by atoms with van der Waals surface area (Å²) in [7, 11) is 0. The fraction of sp³-hybridized carbons (Fsp3) is 0.444. The summed E-state index contributed by atoms with van der Waals surface area (Å²) in [5, 5.41) is 6.44. The average molecular weight is 255 g/mol. The van der Waals surface area contributed by atoms with E-state index in [0.29, 0.717) is 6.04 Å². The smallest absolute Gasteiger partial charge is 0.0326 e. The van der Waals surface area contributed by atoms with Crippen LogP contribution in [0, 0.1) is 6.92 Å². The molecule has 0 spiro atoms. The molecule has 0 amide bonds. The Hall–Kier alpha value is -1.34. The molecule has 19 heavy (non-hydrogen) atoms. The molecule has 0 bridgehead atoms. The molecule has 1 unspecified atom stereocenters. The van der Waals surface area contributed by atoms with Crippen LogP contribution in [0.15, 0.2) is 36.4 Å². The van der Waals surface area contributed by atoms with Gasteiger partial charge in [-0.05, 0) is 41.8 Å². The molecule has 0 radical (unpaired) electrons. The van der Waals surface area contributed by atoms with Gasteiger partial charge in [0.2, 0.25) is 0 Å². The van der Waals surface area contributed by atoms with Gasteiger partial charge in [-0.1, -0.05) is 63.1 Å². The summed E-state index contributed by atoms with van der Waals surface area (Å²) >= 11 is 0. The Morgan fingerprint density at radius 1 is 1.00 bits per heavy atom. The first kappa shape index (κ1) is 14.1. The second kappa shape index (κ2) is 6.72. The van der Waals surface area contributed by atoms with Gasteiger partial charge in [-0.2, -0.15) is 0 Å². The molecule has 2 aromatic rings. The van der Waals surface area contributed by atoms with Crippen LogP contribution in [0.4, 0.5) is 0 Å². The Morgan fingerprint density at radius 2 is 1.74 bits per heavy atom. The number of benzene rings is 2. The van der Waals surface area contributed by atoms with E-state index in [-0.39, 0.29) is 0 Å². The third kappa shape index (κ3) is 3.16. The second-order valence-electron chi connectivity index (χ2n) is 5.27. The molecule has 0 saturated carbocycles. The maximum atomic E-state index is 3.65. The van der Waals surface area contributed by atoms with Crippen molar-refractivity contribution in [1.29, 1.82) is 0 Å². The molecule has 0 aromatic heterocycles. The van der Waals surface area contributed by atoms with Crippen molar-refractivity contribution in [3.8, 4) is 0 Å². The summed E-state index contributed by atoms with van der Waals surface area (Å²) < 4.78 is 0. The lowest BCUT2D eigenvalue weighted by Crippen LogP contribution is -2.21. The molecular weight excluding hydrogens is 230 g/mol. The largest absolute Gasteiger partial charge is 0.310 e. The number of unbranched alkanes of at least 4 members (excludes halogenated alkanes) is 1. The van der Waals surface area contributed by atoms with Crippen molar-refractivity contribution >= 4 is 10.8 Å². The molecule has 1 nitrogen and oxygen atoms in total. The third-order valence-electron chi connectivity index (χ3n) is 3.85. The van der Waals surface area contributed by atoms with Gasteiger partial charge >= 0.3 is 0 Å². The first-order chi connectivity index (χ1) is 9.27. The lowest BCUT2D eigenvalue weighted by molar-refractivity contribution is 0.497. The predicted octanol–water partition coefficient (Wildman–Crippen LogP) is 4.99. The summed E-state index contributed by atoms with van der Waals surface area (Å²) in [5.74, 6) is 0. The van der Waals surface area contributed by atoms with Crippen LogP contribution < -0.4 is 5.32 Å². The molecule has 0 saturated heterocycles. The average Bonchev–Trinajstić information content (AvgIpc) is 2.45. The van der Waals surface area contributed by atoms with E-state index < -0.39 is 0 Å². The van der Waals surface area contributed by atoms with E-state index in [1.165, 1.54) is 41.2 Å². The van der Waals surface area contributed by atoms with E-state index in [4.69, 9.17) is 0 Å². The molecule has 0 heterocycles. The minimum atomic E-state index is 0.482. The van der Waals surface area contributed by atoms with Crippen molar-refractivity contribution in [2.24, 2.45) is 0 Å². The predicted molar refractivity (Wildman–Crippen MR) is 84.6 cm³/mol. The highest BCUT2D eigenvalue weighted by Gasteiger charge is 2.13. The van der Waals surface area contributed by atoms with Gasteiger partial charge in [-0.3, -0.25) is 0 Å². The minimum absolute atomic E-state index is 0.482. The molecule has 1 atom stereocenters. The Bertz CT molecular complexity index is 530. The van der Waals surface area contributed by atoms with Gasteiger partial charge in [0.25, 0.3) is 0 Å². The number of nitrogens with one attached hydrogen (secondary N) is 1. The normalized spacial score (nSPS) is 12.8. The molecule has 0 aliphatic rings. The van der Waals surface area contributed by atoms with Gasteiger partial charge in [0.1, 0.15) is 0 Å². The Balaban J connectivity index is 2.44. The first-order valence-electron chi connectivity index (χ1n) is 7.49. The summed E-state index contributed by atoms with van der Waals surface area (Å²) in [5.41, 5.74) is 2.82. The molecule has 0 aliphatic carbocycles. The van der Waals surface area contributed by atoms with Crippen molar-refractivity contribution < 1.29 is 0 Å². The van der Waals surface area contributed by atoms with Crippen molar-refractivity contribution in [2.45, 2.75) is 46.1 Å². The lowest BCUT2D eigenvalue weighted by atomic mass is 9.93. The van der Waals surface area contributed by atoms with E-state index in [2.05, 4.69) is 62.5 Å². The zero-order chi connectivity index (χ0) is 13.7. The molecule has 102 valence electrons. The number of hydrogen-bond donors (Lipinski definition) is 1. The van der Waals surface area contributed by atoms with Crippen molar-refractivity contribution in [3.05, 3.63) is 47.5 Å². The number of hydrogen-bond acceptors (Lipinski definition) is 1. The maximum absolute atomic E-state index is 3.65. The second-order valence-corrected chi connectivity index (χ2v) is 5.27. The van der Waals surface area contributed by atoms with Gasteiger partial charge in [0.05, 0.1) is 0 Å². The van der Waals surface area contributed by atoms with Crippen LogP contribution >= 0.6 is 0 Å². The molecule has 0 fully saturated rings. The standard InChI is InChI=1S/C18H25N/c1-4-6-11-18(19-5-2)17-13-12-14(3)15-9-7-8-10-16(15)17/h7-10,12-13,18-19H,4-6,11H2,1-3H3. The van der Waals surface area contributed by atoms with Crippen LogP contribution in [0.3, 0.4) is 0 Å². The van der Waals surface area contributed by atoms with Crippen LogP contribution in [0.25, 0.3) is 10.8 Å². The first-order valence-corrected chi connectivity index (χ1v) is 7.49. The Morgan fingerprint density at radius 3 is 2.42 bits per heavy atom. The lowest BCUT2D eigenvalue weighted by Gasteiger charge is -2.20. The van der Waals surface area contributed by atoms with E-state index in [0.717, 1.165) is 6.54 Å². The number of aryl methyl sites for hydroxylation is 1. The zero-order valence-corrected chi connectivity index (χ0v) is 12.4. The fourth-order valence-corrected chi connectivity index (χ4v) is 2.80. The summed E-state index contributed by atoms with van der Waals surface area (Å²) in [6, 6.07) is 13.8. The van der Waals surface area contributed by atoms with E-state index >= 15 is 0 Å². The van der Waals surface area contributed by atoms with E-state index in [9.17, 15) is 0 Å². The van der Waals surface area contributed by atoms with Crippen molar-refractivity contribution in [3.63, 3.8) is 0 Å².